The number of fused-ring (bicyclic) bond motifs is 1. The zero-order valence-electron chi connectivity index (χ0n) is 18.1. The van der Waals surface area contributed by atoms with Gasteiger partial charge in [0, 0.05) is 16.7 Å². The highest BCUT2D eigenvalue weighted by Crippen LogP contribution is 2.31. The molecule has 0 spiro atoms. The normalized spacial score (nSPS) is 10.8. The lowest BCUT2D eigenvalue weighted by Crippen LogP contribution is -2.21. The van der Waals surface area contributed by atoms with E-state index >= 15 is 0 Å². The topological polar surface area (TPSA) is 104 Å². The molecule has 168 valence electrons. The first-order valence-corrected chi connectivity index (χ1v) is 10.4. The van der Waals surface area contributed by atoms with Crippen molar-refractivity contribution < 1.29 is 23.6 Å². The molecule has 0 aliphatic heterocycles. The highest BCUT2D eigenvalue weighted by atomic mass is 35.5. The quantitative estimate of drug-likeness (QED) is 0.401. The van der Waals surface area contributed by atoms with Gasteiger partial charge in [0.15, 0.2) is 6.61 Å². The third kappa shape index (κ3) is 4.65. The molecule has 0 radical (unpaired) electrons. The molecular weight excluding hydrogens is 446 g/mol. The molecular formula is C24H20ClN3O5. The number of carbonyl (C=O) groups is 2. The molecule has 2 heterocycles. The molecule has 4 rings (SSSR count). The van der Waals surface area contributed by atoms with Crippen molar-refractivity contribution in [3.63, 3.8) is 0 Å². The van der Waals surface area contributed by atoms with Gasteiger partial charge < -0.3 is 19.3 Å². The van der Waals surface area contributed by atoms with E-state index in [0.717, 1.165) is 11.1 Å². The first kappa shape index (κ1) is 22.3. The van der Waals surface area contributed by atoms with Crippen LogP contribution in [-0.4, -0.2) is 35.7 Å². The summed E-state index contributed by atoms with van der Waals surface area (Å²) in [5, 5.41) is 7.53. The standard InChI is InChI=1S/C24H20ClN3O5/c1-13-9-19(20(31-3)11-17(13)25)26-21(29)12-32-24(30)16-10-18(15-7-5-4-6-8-15)27-23-22(16)14(2)28-33-23/h4-11H,12H2,1-3H3,(H,26,29). The maximum absolute atomic E-state index is 12.9. The van der Waals surface area contributed by atoms with E-state index in [0.29, 0.717) is 33.2 Å². The van der Waals surface area contributed by atoms with Gasteiger partial charge in [-0.3, -0.25) is 4.79 Å². The fourth-order valence-corrected chi connectivity index (χ4v) is 3.49. The Morgan fingerprint density at radius 3 is 2.61 bits per heavy atom. The number of pyridine rings is 1. The minimum absolute atomic E-state index is 0.213. The SMILES string of the molecule is COc1cc(Cl)c(C)cc1NC(=O)COC(=O)c1cc(-c2ccccc2)nc2onc(C)c12. The number of amides is 1. The van der Waals surface area contributed by atoms with Gasteiger partial charge in [-0.25, -0.2) is 9.78 Å². The summed E-state index contributed by atoms with van der Waals surface area (Å²) < 4.78 is 15.8. The Balaban J connectivity index is 1.55. The smallest absolute Gasteiger partial charge is 0.339 e. The van der Waals surface area contributed by atoms with E-state index in [1.807, 2.05) is 30.3 Å². The van der Waals surface area contributed by atoms with Gasteiger partial charge in [0.25, 0.3) is 11.6 Å². The van der Waals surface area contributed by atoms with E-state index in [1.54, 1.807) is 32.0 Å². The molecule has 0 saturated heterocycles. The summed E-state index contributed by atoms with van der Waals surface area (Å²) in [6.07, 6.45) is 0. The van der Waals surface area contributed by atoms with Crippen molar-refractivity contribution in [2.75, 3.05) is 19.0 Å². The minimum atomic E-state index is -0.694. The van der Waals surface area contributed by atoms with Gasteiger partial charge in [-0.15, -0.1) is 0 Å². The zero-order chi connectivity index (χ0) is 23.5. The predicted molar refractivity (Wildman–Crippen MR) is 124 cm³/mol. The summed E-state index contributed by atoms with van der Waals surface area (Å²) >= 11 is 6.10. The summed E-state index contributed by atoms with van der Waals surface area (Å²) in [5.74, 6) is -0.826. The van der Waals surface area contributed by atoms with E-state index in [4.69, 9.17) is 25.6 Å². The number of hydrogen-bond acceptors (Lipinski definition) is 7. The zero-order valence-corrected chi connectivity index (χ0v) is 18.9. The number of halogens is 1. The lowest BCUT2D eigenvalue weighted by molar-refractivity contribution is -0.119. The van der Waals surface area contributed by atoms with E-state index in [1.165, 1.54) is 7.11 Å². The second kappa shape index (κ2) is 9.30. The molecule has 33 heavy (non-hydrogen) atoms. The largest absolute Gasteiger partial charge is 0.495 e. The van der Waals surface area contributed by atoms with Crippen molar-refractivity contribution in [1.82, 2.24) is 10.1 Å². The Bertz CT molecular complexity index is 1350. The number of nitrogens with zero attached hydrogens (tertiary/aromatic N) is 2. The van der Waals surface area contributed by atoms with Crippen molar-refractivity contribution in [3.05, 3.63) is 70.4 Å². The van der Waals surface area contributed by atoms with Gasteiger partial charge in [-0.1, -0.05) is 47.1 Å². The number of anilines is 1. The number of carbonyl (C=O) groups excluding carboxylic acids is 2. The number of ether oxygens (including phenoxy) is 2. The highest BCUT2D eigenvalue weighted by molar-refractivity contribution is 6.31. The highest BCUT2D eigenvalue weighted by Gasteiger charge is 2.21. The number of aryl methyl sites for hydroxylation is 2. The molecule has 9 heteroatoms. The number of rotatable bonds is 6. The minimum Gasteiger partial charge on any atom is -0.495 e. The van der Waals surface area contributed by atoms with E-state index < -0.39 is 18.5 Å². The second-order valence-corrected chi connectivity index (χ2v) is 7.70. The van der Waals surface area contributed by atoms with Gasteiger partial charge in [0.2, 0.25) is 0 Å². The number of hydrogen-bond donors (Lipinski definition) is 1. The summed E-state index contributed by atoms with van der Waals surface area (Å²) in [6.45, 7) is 3.00. The van der Waals surface area contributed by atoms with Crippen molar-refractivity contribution in [3.8, 4) is 17.0 Å². The molecule has 0 saturated carbocycles. The van der Waals surface area contributed by atoms with Gasteiger partial charge in [-0.2, -0.15) is 0 Å². The van der Waals surface area contributed by atoms with Gasteiger partial charge in [-0.05, 0) is 31.5 Å². The molecule has 1 N–H and O–H groups in total. The lowest BCUT2D eigenvalue weighted by Gasteiger charge is -2.12. The molecule has 0 atom stereocenters. The maximum atomic E-state index is 12.9. The molecule has 1 amide bonds. The van der Waals surface area contributed by atoms with Crippen LogP contribution in [0.15, 0.2) is 53.1 Å². The van der Waals surface area contributed by atoms with Crippen LogP contribution in [0.25, 0.3) is 22.4 Å². The van der Waals surface area contributed by atoms with Gasteiger partial charge >= 0.3 is 5.97 Å². The van der Waals surface area contributed by atoms with Crippen LogP contribution in [0.1, 0.15) is 21.6 Å². The Morgan fingerprint density at radius 2 is 1.88 bits per heavy atom. The first-order chi connectivity index (χ1) is 15.9. The molecule has 0 bridgehead atoms. The number of nitrogens with one attached hydrogen (secondary N) is 1. The second-order valence-electron chi connectivity index (χ2n) is 7.30. The van der Waals surface area contributed by atoms with Gasteiger partial charge in [0.05, 0.1) is 35.1 Å². The average molecular weight is 466 g/mol. The predicted octanol–water partition coefficient (Wildman–Crippen LogP) is 4.96. The molecule has 0 fully saturated rings. The van der Waals surface area contributed by atoms with Crippen LogP contribution in [0, 0.1) is 13.8 Å². The van der Waals surface area contributed by atoms with Crippen molar-refractivity contribution in [2.45, 2.75) is 13.8 Å². The summed E-state index contributed by atoms with van der Waals surface area (Å²) in [6, 6.07) is 14.2. The van der Waals surface area contributed by atoms with Crippen molar-refractivity contribution in [2.24, 2.45) is 0 Å². The molecule has 4 aromatic rings. The Labute approximate surface area is 194 Å². The summed E-state index contributed by atoms with van der Waals surface area (Å²) in [7, 11) is 1.47. The lowest BCUT2D eigenvalue weighted by atomic mass is 10.1. The Hall–Kier alpha value is -3.91. The Kier molecular flexibility index (Phi) is 6.28. The van der Waals surface area contributed by atoms with Crippen LogP contribution in [0.4, 0.5) is 5.69 Å². The van der Waals surface area contributed by atoms with Crippen LogP contribution < -0.4 is 10.1 Å². The van der Waals surface area contributed by atoms with E-state index in [9.17, 15) is 9.59 Å². The van der Waals surface area contributed by atoms with E-state index in [2.05, 4.69) is 15.5 Å². The molecule has 0 aliphatic carbocycles. The molecule has 2 aromatic heterocycles. The monoisotopic (exact) mass is 465 g/mol. The molecule has 0 unspecified atom stereocenters. The average Bonchev–Trinajstić information content (AvgIpc) is 3.20. The number of benzene rings is 2. The number of aromatic nitrogens is 2. The fourth-order valence-electron chi connectivity index (χ4n) is 3.34. The number of methoxy groups -OCH3 is 1. The van der Waals surface area contributed by atoms with Crippen LogP contribution in [-0.2, 0) is 9.53 Å². The molecule has 0 aliphatic rings. The van der Waals surface area contributed by atoms with Gasteiger partial charge in [0.1, 0.15) is 5.75 Å². The van der Waals surface area contributed by atoms with E-state index in [-0.39, 0.29) is 11.3 Å². The number of esters is 1. The van der Waals surface area contributed by atoms with Crippen LogP contribution >= 0.6 is 11.6 Å². The molecule has 8 nitrogen and oxygen atoms in total. The third-order valence-corrected chi connectivity index (χ3v) is 5.40. The van der Waals surface area contributed by atoms with Crippen molar-refractivity contribution >= 4 is 40.3 Å². The van der Waals surface area contributed by atoms with Crippen LogP contribution in [0.5, 0.6) is 5.75 Å². The Morgan fingerprint density at radius 1 is 1.12 bits per heavy atom. The summed E-state index contributed by atoms with van der Waals surface area (Å²) in [4.78, 5) is 29.8. The van der Waals surface area contributed by atoms with Crippen LogP contribution in [0.3, 0.4) is 0 Å². The van der Waals surface area contributed by atoms with Crippen LogP contribution in [0.2, 0.25) is 5.02 Å². The molecule has 2 aromatic carbocycles. The fraction of sp³-hybridized carbons (Fsp3) is 0.167. The summed E-state index contributed by atoms with van der Waals surface area (Å²) in [5.41, 5.74) is 3.43. The van der Waals surface area contributed by atoms with Crippen molar-refractivity contribution in [1.29, 1.82) is 0 Å². The maximum Gasteiger partial charge on any atom is 0.339 e. The third-order valence-electron chi connectivity index (χ3n) is 5.00. The first-order valence-electron chi connectivity index (χ1n) is 10.0.